The van der Waals surface area contributed by atoms with Gasteiger partial charge in [-0.3, -0.25) is 0 Å². The molecule has 0 aromatic carbocycles. The molecule has 0 aliphatic carbocycles. The molecule has 1 nitrogen and oxygen atoms in total. The van der Waals surface area contributed by atoms with Gasteiger partial charge in [0.05, 0.1) is 6.26 Å². The minimum atomic E-state index is 0.521. The van der Waals surface area contributed by atoms with Crippen LogP contribution in [-0.2, 0) is 6.42 Å². The van der Waals surface area contributed by atoms with Crippen LogP contribution in [0, 0.1) is 0 Å². The summed E-state index contributed by atoms with van der Waals surface area (Å²) in [6.45, 7) is 2.04. The summed E-state index contributed by atoms with van der Waals surface area (Å²) in [5.74, 6) is 0. The predicted molar refractivity (Wildman–Crippen MR) is 33.1 cm³/mol. The molecule has 0 radical (unpaired) electrons. The number of hydrogen-bond donors (Lipinski definition) is 0. The molecule has 1 aromatic rings. The SMILES string of the molecule is CCc1ccoc1Cl. The number of rotatable bonds is 1. The molecule has 1 rings (SSSR count). The van der Waals surface area contributed by atoms with Crippen molar-refractivity contribution in [3.8, 4) is 0 Å². The van der Waals surface area contributed by atoms with Gasteiger partial charge in [-0.05, 0) is 24.1 Å². The first-order chi connectivity index (χ1) is 3.84. The van der Waals surface area contributed by atoms with Gasteiger partial charge in [0.15, 0.2) is 5.22 Å². The van der Waals surface area contributed by atoms with Crippen LogP contribution in [-0.4, -0.2) is 0 Å². The van der Waals surface area contributed by atoms with Crippen LogP contribution in [0.25, 0.3) is 0 Å². The summed E-state index contributed by atoms with van der Waals surface area (Å²) in [5.41, 5.74) is 1.08. The summed E-state index contributed by atoms with van der Waals surface area (Å²) < 4.78 is 4.82. The smallest absolute Gasteiger partial charge is 0.196 e. The summed E-state index contributed by atoms with van der Waals surface area (Å²) in [5, 5.41) is 0.521. The zero-order chi connectivity index (χ0) is 5.98. The topological polar surface area (TPSA) is 13.1 Å². The van der Waals surface area contributed by atoms with E-state index in [-0.39, 0.29) is 0 Å². The van der Waals surface area contributed by atoms with Crippen LogP contribution in [0.15, 0.2) is 16.7 Å². The Balaban J connectivity index is 2.92. The van der Waals surface area contributed by atoms with Crippen LogP contribution in [0.5, 0.6) is 0 Å². The lowest BCUT2D eigenvalue weighted by atomic mass is 10.3. The fraction of sp³-hybridized carbons (Fsp3) is 0.333. The molecule has 0 N–H and O–H groups in total. The molecular formula is C6H7ClO. The van der Waals surface area contributed by atoms with Crippen molar-refractivity contribution in [1.29, 1.82) is 0 Å². The maximum absolute atomic E-state index is 5.57. The van der Waals surface area contributed by atoms with E-state index in [1.54, 1.807) is 6.26 Å². The van der Waals surface area contributed by atoms with E-state index in [2.05, 4.69) is 0 Å². The molecular weight excluding hydrogens is 124 g/mol. The third kappa shape index (κ3) is 0.869. The molecule has 44 valence electrons. The maximum atomic E-state index is 5.57. The molecule has 8 heavy (non-hydrogen) atoms. The minimum absolute atomic E-state index is 0.521. The Labute approximate surface area is 53.3 Å². The highest BCUT2D eigenvalue weighted by molar-refractivity contribution is 6.29. The minimum Gasteiger partial charge on any atom is -0.453 e. The maximum Gasteiger partial charge on any atom is 0.196 e. The standard InChI is InChI=1S/C6H7ClO/c1-2-5-3-4-8-6(5)7/h3-4H,2H2,1H3. The van der Waals surface area contributed by atoms with Gasteiger partial charge in [-0.15, -0.1) is 0 Å². The van der Waals surface area contributed by atoms with Gasteiger partial charge in [0.2, 0.25) is 0 Å². The Morgan fingerprint density at radius 2 is 2.50 bits per heavy atom. The second-order valence-electron chi connectivity index (χ2n) is 1.57. The summed E-state index contributed by atoms with van der Waals surface area (Å²) in [4.78, 5) is 0. The Morgan fingerprint density at radius 1 is 1.75 bits per heavy atom. The third-order valence-corrected chi connectivity index (χ3v) is 1.41. The Hall–Kier alpha value is -0.430. The van der Waals surface area contributed by atoms with Crippen molar-refractivity contribution in [3.63, 3.8) is 0 Å². The highest BCUT2D eigenvalue weighted by atomic mass is 35.5. The number of halogens is 1. The normalized spacial score (nSPS) is 9.75. The van der Waals surface area contributed by atoms with Crippen LogP contribution < -0.4 is 0 Å². The van der Waals surface area contributed by atoms with Crippen molar-refractivity contribution < 1.29 is 4.42 Å². The lowest BCUT2D eigenvalue weighted by Gasteiger charge is -1.83. The average molecular weight is 131 g/mol. The molecule has 0 saturated carbocycles. The number of hydrogen-bond acceptors (Lipinski definition) is 1. The molecule has 1 aromatic heterocycles. The van der Waals surface area contributed by atoms with Crippen LogP contribution >= 0.6 is 11.6 Å². The van der Waals surface area contributed by atoms with E-state index in [1.165, 1.54) is 0 Å². The fourth-order valence-corrected chi connectivity index (χ4v) is 0.822. The summed E-state index contributed by atoms with van der Waals surface area (Å²) in [7, 11) is 0. The first-order valence-corrected chi connectivity index (χ1v) is 2.94. The molecule has 0 spiro atoms. The fourth-order valence-electron chi connectivity index (χ4n) is 0.574. The Morgan fingerprint density at radius 3 is 2.75 bits per heavy atom. The highest BCUT2D eigenvalue weighted by Gasteiger charge is 1.96. The molecule has 0 aliphatic rings. The van der Waals surface area contributed by atoms with Gasteiger partial charge in [0, 0.05) is 5.56 Å². The predicted octanol–water partition coefficient (Wildman–Crippen LogP) is 2.50. The first-order valence-electron chi connectivity index (χ1n) is 2.56. The van der Waals surface area contributed by atoms with Crippen molar-refractivity contribution in [2.45, 2.75) is 13.3 Å². The Kier molecular flexibility index (Phi) is 1.59. The number of furan rings is 1. The molecule has 0 amide bonds. The summed E-state index contributed by atoms with van der Waals surface area (Å²) >= 11 is 5.57. The zero-order valence-corrected chi connectivity index (χ0v) is 5.40. The van der Waals surface area contributed by atoms with Crippen molar-refractivity contribution in [3.05, 3.63) is 23.1 Å². The lowest BCUT2D eigenvalue weighted by Crippen LogP contribution is -1.70. The van der Waals surface area contributed by atoms with Gasteiger partial charge >= 0.3 is 0 Å². The molecule has 0 saturated heterocycles. The van der Waals surface area contributed by atoms with Crippen LogP contribution in [0.4, 0.5) is 0 Å². The first kappa shape index (κ1) is 5.70. The highest BCUT2D eigenvalue weighted by Crippen LogP contribution is 2.16. The molecule has 0 atom stereocenters. The van der Waals surface area contributed by atoms with Crippen molar-refractivity contribution in [1.82, 2.24) is 0 Å². The van der Waals surface area contributed by atoms with E-state index >= 15 is 0 Å². The molecule has 1 heterocycles. The van der Waals surface area contributed by atoms with Crippen LogP contribution in [0.1, 0.15) is 12.5 Å². The van der Waals surface area contributed by atoms with E-state index in [4.69, 9.17) is 16.0 Å². The zero-order valence-electron chi connectivity index (χ0n) is 4.65. The second kappa shape index (κ2) is 2.23. The van der Waals surface area contributed by atoms with Crippen molar-refractivity contribution in [2.24, 2.45) is 0 Å². The third-order valence-electron chi connectivity index (χ3n) is 1.07. The van der Waals surface area contributed by atoms with Crippen molar-refractivity contribution >= 4 is 11.6 Å². The van der Waals surface area contributed by atoms with Gasteiger partial charge < -0.3 is 4.42 Å². The molecule has 0 bridgehead atoms. The van der Waals surface area contributed by atoms with Crippen LogP contribution in [0.2, 0.25) is 5.22 Å². The van der Waals surface area contributed by atoms with Gasteiger partial charge in [-0.25, -0.2) is 0 Å². The molecule has 0 aliphatic heterocycles. The van der Waals surface area contributed by atoms with Crippen LogP contribution in [0.3, 0.4) is 0 Å². The largest absolute Gasteiger partial charge is 0.453 e. The monoisotopic (exact) mass is 130 g/mol. The van der Waals surface area contributed by atoms with E-state index in [1.807, 2.05) is 13.0 Å². The van der Waals surface area contributed by atoms with Gasteiger partial charge in [0.1, 0.15) is 0 Å². The van der Waals surface area contributed by atoms with Gasteiger partial charge in [-0.2, -0.15) is 0 Å². The van der Waals surface area contributed by atoms with E-state index in [9.17, 15) is 0 Å². The van der Waals surface area contributed by atoms with Gasteiger partial charge in [0.25, 0.3) is 0 Å². The second-order valence-corrected chi connectivity index (χ2v) is 1.92. The molecule has 0 unspecified atom stereocenters. The lowest BCUT2D eigenvalue weighted by molar-refractivity contribution is 0.566. The van der Waals surface area contributed by atoms with E-state index in [0.717, 1.165) is 12.0 Å². The molecule has 2 heteroatoms. The average Bonchev–Trinajstić information content (AvgIpc) is 2.14. The quantitative estimate of drug-likeness (QED) is 0.569. The van der Waals surface area contributed by atoms with E-state index < -0.39 is 0 Å². The van der Waals surface area contributed by atoms with Gasteiger partial charge in [-0.1, -0.05) is 6.92 Å². The molecule has 0 fully saturated rings. The summed E-state index contributed by atoms with van der Waals surface area (Å²) in [6.07, 6.45) is 2.54. The Bertz CT molecular complexity index is 169. The van der Waals surface area contributed by atoms with E-state index in [0.29, 0.717) is 5.22 Å². The number of aryl methyl sites for hydroxylation is 1. The van der Waals surface area contributed by atoms with Crippen molar-refractivity contribution in [2.75, 3.05) is 0 Å². The summed E-state index contributed by atoms with van der Waals surface area (Å²) in [6, 6.07) is 1.88.